The molecule has 1 N–H and O–H groups in total. The molecule has 9 heteroatoms. The van der Waals surface area contributed by atoms with Crippen LogP contribution in [0.1, 0.15) is 31.8 Å². The van der Waals surface area contributed by atoms with Crippen LogP contribution in [0.5, 0.6) is 0 Å². The van der Waals surface area contributed by atoms with Crippen LogP contribution in [0.25, 0.3) is 6.08 Å². The van der Waals surface area contributed by atoms with Gasteiger partial charge in [0.05, 0.1) is 17.7 Å². The van der Waals surface area contributed by atoms with Gasteiger partial charge in [0.15, 0.2) is 0 Å². The van der Waals surface area contributed by atoms with Crippen molar-refractivity contribution in [3.8, 4) is 0 Å². The highest BCUT2D eigenvalue weighted by atomic mass is 32.2. The lowest BCUT2D eigenvalue weighted by Crippen LogP contribution is -2.35. The average molecular weight is 428 g/mol. The molecule has 1 heterocycles. The third-order valence-electron chi connectivity index (χ3n) is 4.39. The topological polar surface area (TPSA) is 110 Å². The van der Waals surface area contributed by atoms with Crippen LogP contribution in [-0.4, -0.2) is 50.8 Å². The maximum Gasteiger partial charge on any atom is 0.321 e. The van der Waals surface area contributed by atoms with Crippen LogP contribution < -0.4 is 4.72 Å². The number of sulfonamides is 1. The van der Waals surface area contributed by atoms with Gasteiger partial charge in [-0.2, -0.15) is 0 Å². The lowest BCUT2D eigenvalue weighted by atomic mass is 10.1. The summed E-state index contributed by atoms with van der Waals surface area (Å²) in [6.45, 7) is 1.01. The molecule has 2 aromatic carbocycles. The number of hydrogen-bond acceptors (Lipinski definition) is 6. The van der Waals surface area contributed by atoms with E-state index < -0.39 is 34.4 Å². The largest absolute Gasteiger partial charge is 0.463 e. The first-order chi connectivity index (χ1) is 14.3. The summed E-state index contributed by atoms with van der Waals surface area (Å²) in [6, 6.07) is 13.7. The van der Waals surface area contributed by atoms with E-state index in [9.17, 15) is 22.8 Å². The zero-order valence-electron chi connectivity index (χ0n) is 16.2. The summed E-state index contributed by atoms with van der Waals surface area (Å²) in [4.78, 5) is 37.2. The second-order valence-corrected chi connectivity index (χ2v) is 8.26. The first kappa shape index (κ1) is 21.4. The van der Waals surface area contributed by atoms with Crippen LogP contribution in [0.15, 0.2) is 53.9 Å². The molecule has 0 atom stereocenters. The van der Waals surface area contributed by atoms with Crippen LogP contribution in [0.3, 0.4) is 0 Å². The zero-order chi connectivity index (χ0) is 21.7. The molecule has 0 fully saturated rings. The van der Waals surface area contributed by atoms with E-state index in [2.05, 4.69) is 4.72 Å². The Kier molecular flexibility index (Phi) is 6.43. The molecule has 30 heavy (non-hydrogen) atoms. The van der Waals surface area contributed by atoms with Gasteiger partial charge in [0, 0.05) is 5.41 Å². The molecular formula is C21H20N2O6S. The molecule has 0 saturated carbocycles. The van der Waals surface area contributed by atoms with Crippen LogP contribution in [0.4, 0.5) is 0 Å². The number of carbonyl (C=O) groups is 3. The molecule has 156 valence electrons. The van der Waals surface area contributed by atoms with Gasteiger partial charge in [0.2, 0.25) is 10.0 Å². The molecule has 1 aliphatic heterocycles. The monoisotopic (exact) mass is 428 g/mol. The quantitative estimate of drug-likeness (QED) is 0.506. The Morgan fingerprint density at radius 2 is 1.63 bits per heavy atom. The smallest absolute Gasteiger partial charge is 0.321 e. The minimum absolute atomic E-state index is 0.113. The second kappa shape index (κ2) is 9.02. The van der Waals surface area contributed by atoms with E-state index >= 15 is 0 Å². The number of esters is 1. The number of hydrogen-bond donors (Lipinski definition) is 1. The van der Waals surface area contributed by atoms with E-state index in [1.54, 1.807) is 36.4 Å². The number of aryl methyl sites for hydroxylation is 1. The molecule has 0 spiro atoms. The van der Waals surface area contributed by atoms with Gasteiger partial charge in [-0.15, -0.1) is 0 Å². The molecule has 0 aliphatic carbocycles. The Bertz CT molecular complexity index is 1070. The summed E-state index contributed by atoms with van der Waals surface area (Å²) in [5, 5.41) is 0.962. The Morgan fingerprint density at radius 3 is 2.23 bits per heavy atom. The molecule has 2 amide bonds. The molecule has 2 aromatic rings. The van der Waals surface area contributed by atoms with Crippen molar-refractivity contribution in [1.82, 2.24) is 9.62 Å². The van der Waals surface area contributed by atoms with Gasteiger partial charge in [0.1, 0.15) is 13.2 Å². The molecule has 0 unspecified atom stereocenters. The Balaban J connectivity index is 1.44. The van der Waals surface area contributed by atoms with Crippen LogP contribution in [-0.2, 0) is 19.6 Å². The number of carbonyl (C=O) groups excluding carboxylic acids is 3. The summed E-state index contributed by atoms with van der Waals surface area (Å²) in [5.74, 6) is -1.72. The highest BCUT2D eigenvalue weighted by Crippen LogP contribution is 2.21. The third kappa shape index (κ3) is 5.19. The molecule has 1 aliphatic rings. The van der Waals surface area contributed by atoms with Crippen molar-refractivity contribution in [3.63, 3.8) is 0 Å². The van der Waals surface area contributed by atoms with Crippen LogP contribution in [0.2, 0.25) is 0 Å². The number of nitrogens with one attached hydrogen (secondary N) is 1. The van der Waals surface area contributed by atoms with Crippen molar-refractivity contribution in [3.05, 3.63) is 76.2 Å². The molecule has 0 radical (unpaired) electrons. The Labute approximate surface area is 174 Å². The van der Waals surface area contributed by atoms with E-state index in [0.29, 0.717) is 16.7 Å². The van der Waals surface area contributed by atoms with Crippen LogP contribution in [0, 0.1) is 6.92 Å². The highest BCUT2D eigenvalue weighted by Gasteiger charge is 2.34. The van der Waals surface area contributed by atoms with E-state index in [-0.39, 0.29) is 13.2 Å². The summed E-state index contributed by atoms with van der Waals surface area (Å²) in [7, 11) is -3.83. The zero-order valence-corrected chi connectivity index (χ0v) is 17.0. The van der Waals surface area contributed by atoms with Gasteiger partial charge in [-0.3, -0.25) is 19.3 Å². The van der Waals surface area contributed by atoms with Gasteiger partial charge < -0.3 is 4.74 Å². The van der Waals surface area contributed by atoms with Crippen molar-refractivity contribution in [2.24, 2.45) is 0 Å². The number of ether oxygens (including phenoxy) is 1. The van der Waals surface area contributed by atoms with E-state index in [4.69, 9.17) is 4.74 Å². The fraction of sp³-hybridized carbons (Fsp3) is 0.190. The first-order valence-electron chi connectivity index (χ1n) is 9.12. The maximum absolute atomic E-state index is 12.2. The summed E-state index contributed by atoms with van der Waals surface area (Å²) < 4.78 is 31.0. The van der Waals surface area contributed by atoms with E-state index in [0.717, 1.165) is 15.9 Å². The number of fused-ring (bicyclic) bond motifs is 1. The number of benzene rings is 2. The first-order valence-corrected chi connectivity index (χ1v) is 10.7. The normalized spacial score (nSPS) is 13.7. The van der Waals surface area contributed by atoms with Gasteiger partial charge in [-0.05, 0) is 30.7 Å². The molecule has 0 saturated heterocycles. The van der Waals surface area contributed by atoms with E-state index in [1.807, 2.05) is 19.1 Å². The fourth-order valence-corrected chi connectivity index (χ4v) is 3.55. The highest BCUT2D eigenvalue weighted by molar-refractivity contribution is 7.92. The van der Waals surface area contributed by atoms with Gasteiger partial charge in [-0.25, -0.2) is 13.1 Å². The SMILES string of the molecule is Cc1ccc(/C=C/S(=O)(=O)NCC(=O)OCCN2C(=O)c3ccccc3C2=O)cc1. The van der Waals surface area contributed by atoms with Crippen LogP contribution >= 0.6 is 0 Å². The third-order valence-corrected chi connectivity index (χ3v) is 5.43. The molecule has 8 nitrogen and oxygen atoms in total. The standard InChI is InChI=1S/C21H20N2O6S/c1-15-6-8-16(9-7-15)10-13-30(27,28)22-14-19(24)29-12-11-23-20(25)17-4-2-3-5-18(17)21(23)26/h2-10,13,22H,11-12,14H2,1H3/b13-10+. The number of amides is 2. The van der Waals surface area contributed by atoms with Crippen molar-refractivity contribution in [2.45, 2.75) is 6.92 Å². The predicted octanol–water partition coefficient (Wildman–Crippen LogP) is 1.72. The predicted molar refractivity (Wildman–Crippen MR) is 110 cm³/mol. The summed E-state index contributed by atoms with van der Waals surface area (Å²) >= 11 is 0. The number of rotatable bonds is 8. The number of imide groups is 1. The summed E-state index contributed by atoms with van der Waals surface area (Å²) in [6.07, 6.45) is 1.41. The lowest BCUT2D eigenvalue weighted by molar-refractivity contribution is -0.142. The van der Waals surface area contributed by atoms with Gasteiger partial charge >= 0.3 is 5.97 Å². The van der Waals surface area contributed by atoms with Gasteiger partial charge in [0.25, 0.3) is 11.8 Å². The minimum Gasteiger partial charge on any atom is -0.463 e. The summed E-state index contributed by atoms with van der Waals surface area (Å²) in [5.41, 5.74) is 2.37. The van der Waals surface area contributed by atoms with E-state index in [1.165, 1.54) is 6.08 Å². The number of nitrogens with zero attached hydrogens (tertiary/aromatic N) is 1. The lowest BCUT2D eigenvalue weighted by Gasteiger charge is -2.13. The Morgan fingerprint density at radius 1 is 1.03 bits per heavy atom. The fourth-order valence-electron chi connectivity index (χ4n) is 2.80. The maximum atomic E-state index is 12.2. The van der Waals surface area contributed by atoms with Crippen molar-refractivity contribution in [2.75, 3.05) is 19.7 Å². The Hall–Kier alpha value is -3.30. The molecule has 0 aromatic heterocycles. The molecule has 3 rings (SSSR count). The van der Waals surface area contributed by atoms with Crippen molar-refractivity contribution in [1.29, 1.82) is 0 Å². The average Bonchev–Trinajstić information content (AvgIpc) is 2.97. The molecule has 0 bridgehead atoms. The van der Waals surface area contributed by atoms with Crippen molar-refractivity contribution < 1.29 is 27.5 Å². The minimum atomic E-state index is -3.83. The molecular weight excluding hydrogens is 408 g/mol. The van der Waals surface area contributed by atoms with Gasteiger partial charge in [-0.1, -0.05) is 42.0 Å². The second-order valence-electron chi connectivity index (χ2n) is 6.61. The van der Waals surface area contributed by atoms with Crippen molar-refractivity contribution >= 4 is 33.9 Å².